The van der Waals surface area contributed by atoms with Crippen molar-refractivity contribution in [1.82, 2.24) is 15.2 Å². The Morgan fingerprint density at radius 1 is 1.48 bits per heavy atom. The third kappa shape index (κ3) is 5.82. The molecule has 0 bridgehead atoms. The number of nitrogens with zero attached hydrogens (tertiary/aromatic N) is 2. The van der Waals surface area contributed by atoms with Gasteiger partial charge in [0.1, 0.15) is 5.60 Å². The molecule has 5 nitrogen and oxygen atoms in total. The van der Waals surface area contributed by atoms with Crippen molar-refractivity contribution in [3.05, 3.63) is 30.1 Å². The van der Waals surface area contributed by atoms with Crippen molar-refractivity contribution in [3.63, 3.8) is 0 Å². The Bertz CT molecular complexity index is 499. The van der Waals surface area contributed by atoms with Crippen molar-refractivity contribution < 1.29 is 9.53 Å². The van der Waals surface area contributed by atoms with Crippen LogP contribution in [0.3, 0.4) is 0 Å². The quantitative estimate of drug-likeness (QED) is 0.924. The molecule has 1 aromatic rings. The van der Waals surface area contributed by atoms with Gasteiger partial charge in [0.2, 0.25) is 0 Å². The van der Waals surface area contributed by atoms with E-state index in [-0.39, 0.29) is 12.1 Å². The molecule has 1 N–H and O–H groups in total. The summed E-state index contributed by atoms with van der Waals surface area (Å²) < 4.78 is 5.48. The fourth-order valence-corrected chi connectivity index (χ4v) is 2.80. The second kappa shape index (κ2) is 7.77. The number of likely N-dealkylation sites (tertiary alicyclic amines) is 1. The van der Waals surface area contributed by atoms with Crippen LogP contribution >= 0.6 is 0 Å². The fourth-order valence-electron chi connectivity index (χ4n) is 2.80. The molecule has 1 aliphatic heterocycles. The predicted molar refractivity (Wildman–Crippen MR) is 91.2 cm³/mol. The molecule has 1 fully saturated rings. The molecule has 0 saturated carbocycles. The van der Waals surface area contributed by atoms with E-state index in [2.05, 4.69) is 17.2 Å². The Morgan fingerprint density at radius 3 is 2.91 bits per heavy atom. The molecule has 0 spiro atoms. The molecule has 1 amide bonds. The standard InChI is InChI=1S/C18H29N3O2/c1-14(16-9-5-6-10-19-16)20-12-15-8-7-11-21(13-15)17(22)23-18(2,3)4/h5-6,9-10,14-15,20H,7-8,11-13H2,1-4H3/t14-,15+/m0/s1. The Morgan fingerprint density at radius 2 is 2.26 bits per heavy atom. The molecular formula is C18H29N3O2. The lowest BCUT2D eigenvalue weighted by molar-refractivity contribution is 0.0165. The van der Waals surface area contributed by atoms with Crippen LogP contribution in [-0.4, -0.2) is 41.2 Å². The van der Waals surface area contributed by atoms with Gasteiger partial charge in [0.05, 0.1) is 5.69 Å². The molecule has 1 aromatic heterocycles. The van der Waals surface area contributed by atoms with Crippen LogP contribution in [0.2, 0.25) is 0 Å². The minimum atomic E-state index is -0.435. The summed E-state index contributed by atoms with van der Waals surface area (Å²) in [7, 11) is 0. The number of carbonyl (C=O) groups excluding carboxylic acids is 1. The van der Waals surface area contributed by atoms with Crippen molar-refractivity contribution >= 4 is 6.09 Å². The van der Waals surface area contributed by atoms with Crippen LogP contribution in [0.25, 0.3) is 0 Å². The molecule has 1 aliphatic rings. The van der Waals surface area contributed by atoms with Gasteiger partial charge in [-0.25, -0.2) is 4.79 Å². The zero-order valence-electron chi connectivity index (χ0n) is 14.7. The summed E-state index contributed by atoms with van der Waals surface area (Å²) in [5, 5.41) is 3.54. The zero-order chi connectivity index (χ0) is 16.9. The largest absolute Gasteiger partial charge is 0.444 e. The molecular weight excluding hydrogens is 290 g/mol. The highest BCUT2D eigenvalue weighted by Gasteiger charge is 2.27. The summed E-state index contributed by atoms with van der Waals surface area (Å²) in [5.41, 5.74) is 0.614. The number of rotatable bonds is 4. The average Bonchev–Trinajstić information content (AvgIpc) is 2.52. The highest BCUT2D eigenvalue weighted by molar-refractivity contribution is 5.68. The van der Waals surface area contributed by atoms with Gasteiger partial charge in [-0.2, -0.15) is 0 Å². The second-order valence-electron chi connectivity index (χ2n) is 7.32. The highest BCUT2D eigenvalue weighted by Crippen LogP contribution is 2.20. The monoisotopic (exact) mass is 319 g/mol. The van der Waals surface area contributed by atoms with Crippen LogP contribution in [0.1, 0.15) is 52.3 Å². The fraction of sp³-hybridized carbons (Fsp3) is 0.667. The first kappa shape index (κ1) is 17.7. The Labute approximate surface area is 139 Å². The Kier molecular flexibility index (Phi) is 5.99. The number of amides is 1. The summed E-state index contributed by atoms with van der Waals surface area (Å²) in [6, 6.07) is 6.18. The van der Waals surface area contributed by atoms with E-state index >= 15 is 0 Å². The molecule has 1 saturated heterocycles. The molecule has 23 heavy (non-hydrogen) atoms. The van der Waals surface area contributed by atoms with Gasteiger partial charge in [-0.15, -0.1) is 0 Å². The maximum absolute atomic E-state index is 12.2. The van der Waals surface area contributed by atoms with Gasteiger partial charge in [0.25, 0.3) is 0 Å². The highest BCUT2D eigenvalue weighted by atomic mass is 16.6. The molecule has 0 radical (unpaired) electrons. The third-order valence-corrected chi connectivity index (χ3v) is 4.01. The number of carbonyl (C=O) groups is 1. The number of ether oxygens (including phenoxy) is 1. The van der Waals surface area contributed by atoms with E-state index in [1.165, 1.54) is 0 Å². The molecule has 128 valence electrons. The lowest BCUT2D eigenvalue weighted by Crippen LogP contribution is -2.45. The molecule has 0 aromatic carbocycles. The number of pyridine rings is 1. The van der Waals surface area contributed by atoms with E-state index < -0.39 is 5.60 Å². The Balaban J connectivity index is 1.81. The number of hydrogen-bond acceptors (Lipinski definition) is 4. The Hall–Kier alpha value is -1.62. The van der Waals surface area contributed by atoms with E-state index in [0.717, 1.165) is 38.2 Å². The van der Waals surface area contributed by atoms with Crippen LogP contribution in [0, 0.1) is 5.92 Å². The van der Waals surface area contributed by atoms with E-state index in [1.54, 1.807) is 0 Å². The van der Waals surface area contributed by atoms with Gasteiger partial charge in [0, 0.05) is 31.9 Å². The first-order valence-corrected chi connectivity index (χ1v) is 8.47. The van der Waals surface area contributed by atoms with E-state index in [4.69, 9.17) is 4.74 Å². The average molecular weight is 319 g/mol. The first-order chi connectivity index (χ1) is 10.8. The number of aromatic nitrogens is 1. The first-order valence-electron chi connectivity index (χ1n) is 8.47. The van der Waals surface area contributed by atoms with Gasteiger partial charge in [-0.3, -0.25) is 4.98 Å². The van der Waals surface area contributed by atoms with Crippen molar-refractivity contribution in [2.24, 2.45) is 5.92 Å². The van der Waals surface area contributed by atoms with Gasteiger partial charge in [-0.05, 0) is 58.6 Å². The van der Waals surface area contributed by atoms with E-state index in [0.29, 0.717) is 5.92 Å². The lowest BCUT2D eigenvalue weighted by atomic mass is 9.98. The van der Waals surface area contributed by atoms with Gasteiger partial charge in [-0.1, -0.05) is 6.07 Å². The summed E-state index contributed by atoms with van der Waals surface area (Å²) in [6.45, 7) is 10.3. The molecule has 2 rings (SSSR count). The molecule has 0 aliphatic carbocycles. The summed E-state index contributed by atoms with van der Waals surface area (Å²) >= 11 is 0. The van der Waals surface area contributed by atoms with E-state index in [1.807, 2.05) is 50.1 Å². The third-order valence-electron chi connectivity index (χ3n) is 4.01. The van der Waals surface area contributed by atoms with Gasteiger partial charge < -0.3 is 15.0 Å². The van der Waals surface area contributed by atoms with Crippen molar-refractivity contribution in [2.45, 2.75) is 52.2 Å². The maximum Gasteiger partial charge on any atom is 0.410 e. The van der Waals surface area contributed by atoms with Crippen molar-refractivity contribution in [1.29, 1.82) is 0 Å². The molecule has 2 atom stereocenters. The van der Waals surface area contributed by atoms with Crippen molar-refractivity contribution in [2.75, 3.05) is 19.6 Å². The van der Waals surface area contributed by atoms with Gasteiger partial charge >= 0.3 is 6.09 Å². The van der Waals surface area contributed by atoms with Crippen LogP contribution in [0.5, 0.6) is 0 Å². The molecule has 2 heterocycles. The molecule has 5 heteroatoms. The molecule has 0 unspecified atom stereocenters. The smallest absolute Gasteiger partial charge is 0.410 e. The van der Waals surface area contributed by atoms with Crippen molar-refractivity contribution in [3.8, 4) is 0 Å². The lowest BCUT2D eigenvalue weighted by Gasteiger charge is -2.34. The van der Waals surface area contributed by atoms with E-state index in [9.17, 15) is 4.79 Å². The number of nitrogens with one attached hydrogen (secondary N) is 1. The summed E-state index contributed by atoms with van der Waals surface area (Å²) in [5.74, 6) is 0.461. The minimum Gasteiger partial charge on any atom is -0.444 e. The van der Waals surface area contributed by atoms with Crippen LogP contribution in [-0.2, 0) is 4.74 Å². The van der Waals surface area contributed by atoms with Crippen LogP contribution in [0.4, 0.5) is 4.79 Å². The number of piperidine rings is 1. The second-order valence-corrected chi connectivity index (χ2v) is 7.32. The summed E-state index contributed by atoms with van der Waals surface area (Å²) in [4.78, 5) is 18.4. The number of hydrogen-bond donors (Lipinski definition) is 1. The van der Waals surface area contributed by atoms with Crippen LogP contribution < -0.4 is 5.32 Å². The zero-order valence-corrected chi connectivity index (χ0v) is 14.7. The SMILES string of the molecule is C[C@H](NC[C@H]1CCCN(C(=O)OC(C)(C)C)C1)c1ccccn1. The van der Waals surface area contributed by atoms with Crippen LogP contribution in [0.15, 0.2) is 24.4 Å². The van der Waals surface area contributed by atoms with Gasteiger partial charge in [0.15, 0.2) is 0 Å². The predicted octanol–water partition coefficient (Wildman–Crippen LogP) is 3.38. The normalized spacial score (nSPS) is 20.2. The maximum atomic E-state index is 12.2. The minimum absolute atomic E-state index is 0.194. The topological polar surface area (TPSA) is 54.5 Å². The summed E-state index contributed by atoms with van der Waals surface area (Å²) in [6.07, 6.45) is 3.79.